The Kier molecular flexibility index (Phi) is 5.57. The minimum Gasteiger partial charge on any atom is -0.369 e. The van der Waals surface area contributed by atoms with Crippen molar-refractivity contribution < 1.29 is 0 Å². The highest BCUT2D eigenvalue weighted by atomic mass is 35.5. The van der Waals surface area contributed by atoms with E-state index >= 15 is 0 Å². The van der Waals surface area contributed by atoms with Crippen molar-refractivity contribution in [1.82, 2.24) is 5.32 Å². The zero-order chi connectivity index (χ0) is 10.1. The number of benzene rings is 1. The molecule has 4 heteroatoms. The molecule has 3 rings (SSSR count). The highest BCUT2D eigenvalue weighted by Crippen LogP contribution is 2.44. The monoisotopic (exact) mass is 274 g/mol. The molecular weight excluding hydrogens is 255 g/mol. The van der Waals surface area contributed by atoms with Gasteiger partial charge >= 0.3 is 0 Å². The second-order valence-corrected chi connectivity index (χ2v) is 4.57. The number of rotatable bonds is 2. The summed E-state index contributed by atoms with van der Waals surface area (Å²) in [6, 6.07) is 8.95. The van der Waals surface area contributed by atoms with Gasteiger partial charge in [0.15, 0.2) is 0 Å². The molecule has 0 unspecified atom stereocenters. The molecule has 17 heavy (non-hydrogen) atoms. The molecule has 1 saturated carbocycles. The Morgan fingerprint density at radius 1 is 1.00 bits per heavy atom. The maximum Gasteiger partial charge on any atom is 0.0402 e. The SMILES string of the molecule is Cl.Cl.c1ccc(N2CCNCC2)c(C2CC2)c1. The lowest BCUT2D eigenvalue weighted by molar-refractivity contribution is 0.588. The molecule has 1 heterocycles. The number of hydrogen-bond acceptors (Lipinski definition) is 2. The molecule has 1 aromatic carbocycles. The predicted molar refractivity (Wildman–Crippen MR) is 78.0 cm³/mol. The van der Waals surface area contributed by atoms with Crippen molar-refractivity contribution >= 4 is 30.5 Å². The van der Waals surface area contributed by atoms with Gasteiger partial charge in [-0.15, -0.1) is 24.8 Å². The van der Waals surface area contributed by atoms with E-state index in [0.29, 0.717) is 0 Å². The molecule has 1 saturated heterocycles. The first-order chi connectivity index (χ1) is 7.45. The summed E-state index contributed by atoms with van der Waals surface area (Å²) in [5.74, 6) is 0.857. The molecule has 1 N–H and O–H groups in total. The van der Waals surface area contributed by atoms with E-state index in [9.17, 15) is 0 Å². The van der Waals surface area contributed by atoms with E-state index in [4.69, 9.17) is 0 Å². The third-order valence-electron chi connectivity index (χ3n) is 3.41. The van der Waals surface area contributed by atoms with Crippen molar-refractivity contribution in [3.05, 3.63) is 29.8 Å². The van der Waals surface area contributed by atoms with Gasteiger partial charge in [0, 0.05) is 31.9 Å². The fourth-order valence-electron chi connectivity index (χ4n) is 2.42. The van der Waals surface area contributed by atoms with Gasteiger partial charge in [0.05, 0.1) is 0 Å². The summed E-state index contributed by atoms with van der Waals surface area (Å²) in [5.41, 5.74) is 3.07. The second kappa shape index (κ2) is 6.48. The number of nitrogens with zero attached hydrogens (tertiary/aromatic N) is 1. The fourth-order valence-corrected chi connectivity index (χ4v) is 2.42. The molecule has 0 aromatic heterocycles. The Hall–Kier alpha value is -0.440. The maximum absolute atomic E-state index is 3.41. The second-order valence-electron chi connectivity index (χ2n) is 4.57. The van der Waals surface area contributed by atoms with Crippen LogP contribution >= 0.6 is 24.8 Å². The quantitative estimate of drug-likeness (QED) is 0.893. The van der Waals surface area contributed by atoms with E-state index in [1.165, 1.54) is 18.5 Å². The van der Waals surface area contributed by atoms with E-state index in [0.717, 1.165) is 32.1 Å². The third kappa shape index (κ3) is 3.27. The summed E-state index contributed by atoms with van der Waals surface area (Å²) in [6.07, 6.45) is 2.78. The van der Waals surface area contributed by atoms with Crippen molar-refractivity contribution in [3.63, 3.8) is 0 Å². The van der Waals surface area contributed by atoms with Gasteiger partial charge in [-0.1, -0.05) is 18.2 Å². The van der Waals surface area contributed by atoms with Crippen LogP contribution in [0.15, 0.2) is 24.3 Å². The van der Waals surface area contributed by atoms with Crippen molar-refractivity contribution in [3.8, 4) is 0 Å². The number of nitrogens with one attached hydrogen (secondary N) is 1. The minimum absolute atomic E-state index is 0. The van der Waals surface area contributed by atoms with Gasteiger partial charge in [-0.3, -0.25) is 0 Å². The van der Waals surface area contributed by atoms with Gasteiger partial charge in [0.2, 0.25) is 0 Å². The lowest BCUT2D eigenvalue weighted by Gasteiger charge is -2.31. The molecule has 2 fully saturated rings. The smallest absolute Gasteiger partial charge is 0.0402 e. The predicted octanol–water partition coefficient (Wildman–Crippen LogP) is 2.82. The van der Waals surface area contributed by atoms with Crippen LogP contribution in [0.3, 0.4) is 0 Å². The zero-order valence-electron chi connectivity index (χ0n) is 9.89. The molecule has 0 atom stereocenters. The molecular formula is C13H20Cl2N2. The van der Waals surface area contributed by atoms with Gasteiger partial charge in [-0.25, -0.2) is 0 Å². The molecule has 0 spiro atoms. The van der Waals surface area contributed by atoms with Crippen molar-refractivity contribution in [1.29, 1.82) is 0 Å². The van der Waals surface area contributed by atoms with Gasteiger partial charge in [-0.05, 0) is 30.4 Å². The van der Waals surface area contributed by atoms with Crippen LogP contribution in [0.5, 0.6) is 0 Å². The van der Waals surface area contributed by atoms with Crippen LogP contribution in [0.2, 0.25) is 0 Å². The Morgan fingerprint density at radius 2 is 1.65 bits per heavy atom. The molecule has 1 aromatic rings. The van der Waals surface area contributed by atoms with E-state index in [1.54, 1.807) is 5.56 Å². The van der Waals surface area contributed by atoms with Crippen LogP contribution in [0.1, 0.15) is 24.3 Å². The van der Waals surface area contributed by atoms with E-state index in [2.05, 4.69) is 34.5 Å². The summed E-state index contributed by atoms with van der Waals surface area (Å²) in [6.45, 7) is 4.56. The minimum atomic E-state index is 0. The van der Waals surface area contributed by atoms with E-state index in [1.807, 2.05) is 0 Å². The number of para-hydroxylation sites is 1. The summed E-state index contributed by atoms with van der Waals surface area (Å²) in [4.78, 5) is 2.53. The highest BCUT2D eigenvalue weighted by molar-refractivity contribution is 5.85. The Bertz CT molecular complexity index is 347. The molecule has 2 aliphatic rings. The van der Waals surface area contributed by atoms with Crippen LogP contribution in [0.25, 0.3) is 0 Å². The molecule has 96 valence electrons. The number of halogens is 2. The largest absolute Gasteiger partial charge is 0.369 e. The van der Waals surface area contributed by atoms with Gasteiger partial charge in [-0.2, -0.15) is 0 Å². The molecule has 0 radical (unpaired) electrons. The van der Waals surface area contributed by atoms with E-state index in [-0.39, 0.29) is 24.8 Å². The lowest BCUT2D eigenvalue weighted by Crippen LogP contribution is -2.43. The molecule has 0 bridgehead atoms. The summed E-state index contributed by atoms with van der Waals surface area (Å²) in [7, 11) is 0. The molecule has 1 aliphatic heterocycles. The Labute approximate surface area is 116 Å². The van der Waals surface area contributed by atoms with E-state index < -0.39 is 0 Å². The maximum atomic E-state index is 3.41. The van der Waals surface area contributed by atoms with Crippen LogP contribution in [0.4, 0.5) is 5.69 Å². The lowest BCUT2D eigenvalue weighted by atomic mass is 10.1. The van der Waals surface area contributed by atoms with Crippen LogP contribution in [-0.4, -0.2) is 26.2 Å². The summed E-state index contributed by atoms with van der Waals surface area (Å²) >= 11 is 0. The van der Waals surface area contributed by atoms with Crippen molar-refractivity contribution in [2.24, 2.45) is 0 Å². The summed E-state index contributed by atoms with van der Waals surface area (Å²) < 4.78 is 0. The zero-order valence-corrected chi connectivity index (χ0v) is 11.5. The molecule has 0 amide bonds. The van der Waals surface area contributed by atoms with Crippen LogP contribution in [-0.2, 0) is 0 Å². The van der Waals surface area contributed by atoms with Gasteiger partial charge < -0.3 is 10.2 Å². The standard InChI is InChI=1S/C13H18N2.2ClH/c1-2-4-13(12(3-1)11-5-6-11)15-9-7-14-8-10-15;;/h1-4,11,14H,5-10H2;2*1H. The Morgan fingerprint density at radius 3 is 2.29 bits per heavy atom. The van der Waals surface area contributed by atoms with Gasteiger partial charge in [0.1, 0.15) is 0 Å². The first kappa shape index (κ1) is 14.6. The van der Waals surface area contributed by atoms with Crippen molar-refractivity contribution in [2.45, 2.75) is 18.8 Å². The van der Waals surface area contributed by atoms with Gasteiger partial charge in [0.25, 0.3) is 0 Å². The average Bonchev–Trinajstić information content (AvgIpc) is 3.14. The molecule has 1 aliphatic carbocycles. The normalized spacial score (nSPS) is 19.2. The topological polar surface area (TPSA) is 15.3 Å². The van der Waals surface area contributed by atoms with Crippen molar-refractivity contribution in [2.75, 3.05) is 31.1 Å². The fraction of sp³-hybridized carbons (Fsp3) is 0.538. The highest BCUT2D eigenvalue weighted by Gasteiger charge is 2.27. The van der Waals surface area contributed by atoms with Crippen LogP contribution < -0.4 is 10.2 Å². The number of anilines is 1. The summed E-state index contributed by atoms with van der Waals surface area (Å²) in [5, 5.41) is 3.41. The number of hydrogen-bond donors (Lipinski definition) is 1. The third-order valence-corrected chi connectivity index (χ3v) is 3.41. The Balaban J connectivity index is 0.000000722. The average molecular weight is 275 g/mol. The van der Waals surface area contributed by atoms with Crippen LogP contribution in [0, 0.1) is 0 Å². The number of piperazine rings is 1. The molecule has 2 nitrogen and oxygen atoms in total. The first-order valence-corrected chi connectivity index (χ1v) is 6.00. The first-order valence-electron chi connectivity index (χ1n) is 6.00.